The fourth-order valence-corrected chi connectivity index (χ4v) is 2.70. The van der Waals surface area contributed by atoms with Crippen LogP contribution in [0.5, 0.6) is 0 Å². The number of carbonyl (C=O) groups excluding carboxylic acids is 1. The minimum Gasteiger partial charge on any atom is -0.298 e. The summed E-state index contributed by atoms with van der Waals surface area (Å²) in [5.41, 5.74) is 7.92. The second-order valence-electron chi connectivity index (χ2n) is 6.90. The summed E-state index contributed by atoms with van der Waals surface area (Å²) in [7, 11) is 0. The predicted molar refractivity (Wildman–Crippen MR) is 94.4 cm³/mol. The molecule has 2 N–H and O–H groups in total. The van der Waals surface area contributed by atoms with E-state index in [9.17, 15) is 4.79 Å². The lowest BCUT2D eigenvalue weighted by atomic mass is 10.1. The van der Waals surface area contributed by atoms with Crippen molar-refractivity contribution in [1.82, 2.24) is 15.2 Å². The molecule has 0 aliphatic heterocycles. The third-order valence-corrected chi connectivity index (χ3v) is 4.29. The van der Waals surface area contributed by atoms with Crippen molar-refractivity contribution in [1.29, 1.82) is 0 Å². The van der Waals surface area contributed by atoms with Crippen molar-refractivity contribution in [3.8, 4) is 0 Å². The zero-order valence-corrected chi connectivity index (χ0v) is 15.1. The van der Waals surface area contributed by atoms with Gasteiger partial charge in [0.2, 0.25) is 0 Å². The van der Waals surface area contributed by atoms with Gasteiger partial charge < -0.3 is 0 Å². The van der Waals surface area contributed by atoms with Gasteiger partial charge in [-0.15, -0.1) is 0 Å². The van der Waals surface area contributed by atoms with Gasteiger partial charge in [0.25, 0.3) is 5.91 Å². The molecule has 1 aliphatic carbocycles. The Labute approximate surface area is 144 Å². The van der Waals surface area contributed by atoms with Crippen molar-refractivity contribution in [2.24, 2.45) is 0 Å². The number of aromatic nitrogens is 2. The van der Waals surface area contributed by atoms with Gasteiger partial charge in [0.05, 0.1) is 11.2 Å². The average Bonchev–Trinajstić information content (AvgIpc) is 3.23. The molecule has 0 radical (unpaired) electrons. The van der Waals surface area contributed by atoms with Crippen LogP contribution in [0, 0.1) is 0 Å². The average molecular weight is 377 g/mol. The molecule has 0 atom stereocenters. The van der Waals surface area contributed by atoms with Crippen LogP contribution in [-0.2, 0) is 5.54 Å². The van der Waals surface area contributed by atoms with E-state index in [1.54, 1.807) is 0 Å². The van der Waals surface area contributed by atoms with Gasteiger partial charge in [-0.3, -0.25) is 20.3 Å². The highest BCUT2D eigenvalue weighted by Gasteiger charge is 2.32. The lowest BCUT2D eigenvalue weighted by molar-refractivity contribution is 0.0956. The number of halogens is 1. The van der Waals surface area contributed by atoms with Crippen LogP contribution in [0.1, 0.15) is 55.7 Å². The first-order chi connectivity index (χ1) is 10.8. The number of nitrogens with one attached hydrogen (secondary N) is 2. The summed E-state index contributed by atoms with van der Waals surface area (Å²) in [4.78, 5) is 12.4. The third kappa shape index (κ3) is 3.75. The molecule has 3 rings (SSSR count). The molecule has 0 bridgehead atoms. The molecule has 0 spiro atoms. The molecule has 1 saturated carbocycles. The van der Waals surface area contributed by atoms with Gasteiger partial charge in [-0.05, 0) is 63.9 Å². The fourth-order valence-electron chi connectivity index (χ4n) is 2.44. The quantitative estimate of drug-likeness (QED) is 0.791. The normalized spacial score (nSPS) is 14.6. The molecular formula is C17H21BrN4O. The molecule has 23 heavy (non-hydrogen) atoms. The number of nitrogens with zero attached hydrogens (tertiary/aromatic N) is 2. The van der Waals surface area contributed by atoms with E-state index < -0.39 is 0 Å². The molecule has 5 nitrogen and oxygen atoms in total. The highest BCUT2D eigenvalue weighted by Crippen LogP contribution is 2.41. The predicted octanol–water partition coefficient (Wildman–Crippen LogP) is 4.03. The van der Waals surface area contributed by atoms with Gasteiger partial charge in [-0.2, -0.15) is 5.10 Å². The molecule has 6 heteroatoms. The number of hydrogen-bond acceptors (Lipinski definition) is 3. The summed E-state index contributed by atoms with van der Waals surface area (Å²) in [6.07, 6.45) is 2.36. The van der Waals surface area contributed by atoms with Gasteiger partial charge >= 0.3 is 0 Å². The Morgan fingerprint density at radius 1 is 1.26 bits per heavy atom. The van der Waals surface area contributed by atoms with Crippen molar-refractivity contribution in [2.75, 3.05) is 5.43 Å². The third-order valence-electron chi connectivity index (χ3n) is 3.77. The fraction of sp³-hybridized carbons (Fsp3) is 0.412. The number of rotatable bonds is 4. The highest BCUT2D eigenvalue weighted by molar-refractivity contribution is 9.10. The Balaban J connectivity index is 1.73. The summed E-state index contributed by atoms with van der Waals surface area (Å²) in [6, 6.07) is 9.50. The van der Waals surface area contributed by atoms with E-state index >= 15 is 0 Å². The first-order valence-corrected chi connectivity index (χ1v) is 8.56. The summed E-state index contributed by atoms with van der Waals surface area (Å²) < 4.78 is 2.98. The molecule has 122 valence electrons. The molecule has 0 saturated heterocycles. The highest BCUT2D eigenvalue weighted by atomic mass is 79.9. The molecule has 2 aromatic rings. The monoisotopic (exact) mass is 376 g/mol. The molecule has 1 aliphatic rings. The van der Waals surface area contributed by atoms with Crippen LogP contribution in [0.3, 0.4) is 0 Å². The number of amides is 1. The minimum absolute atomic E-state index is 0.129. The Bertz CT molecular complexity index is 711. The van der Waals surface area contributed by atoms with Crippen LogP contribution in [0.15, 0.2) is 34.8 Å². The van der Waals surface area contributed by atoms with E-state index in [1.165, 1.54) is 12.8 Å². The molecule has 1 aromatic heterocycles. The topological polar surface area (TPSA) is 59.0 Å². The van der Waals surface area contributed by atoms with Crippen molar-refractivity contribution in [2.45, 2.75) is 45.1 Å². The van der Waals surface area contributed by atoms with Crippen molar-refractivity contribution in [3.63, 3.8) is 0 Å². The Hall–Kier alpha value is -1.82. The van der Waals surface area contributed by atoms with E-state index in [-0.39, 0.29) is 11.4 Å². The first-order valence-electron chi connectivity index (χ1n) is 7.77. The van der Waals surface area contributed by atoms with E-state index in [0.717, 1.165) is 15.9 Å². The van der Waals surface area contributed by atoms with Crippen LogP contribution in [0.25, 0.3) is 0 Å². The lowest BCUT2D eigenvalue weighted by Crippen LogP contribution is -2.30. The number of hydrogen-bond donors (Lipinski definition) is 2. The second-order valence-corrected chi connectivity index (χ2v) is 7.81. The summed E-state index contributed by atoms with van der Waals surface area (Å²) in [5, 5.41) is 4.53. The smallest absolute Gasteiger partial charge is 0.290 e. The van der Waals surface area contributed by atoms with Gasteiger partial charge in [0.1, 0.15) is 0 Å². The van der Waals surface area contributed by atoms with Crippen molar-refractivity contribution >= 4 is 27.5 Å². The van der Waals surface area contributed by atoms with Crippen LogP contribution in [-0.4, -0.2) is 15.7 Å². The summed E-state index contributed by atoms with van der Waals surface area (Å²) >= 11 is 3.38. The Morgan fingerprint density at radius 3 is 2.48 bits per heavy atom. The maximum atomic E-state index is 12.4. The van der Waals surface area contributed by atoms with Gasteiger partial charge in [-0.25, -0.2) is 0 Å². The number of hydrazine groups is 1. The maximum absolute atomic E-state index is 12.4. The second kappa shape index (κ2) is 6.00. The van der Waals surface area contributed by atoms with E-state index in [2.05, 4.69) is 52.7 Å². The molecule has 1 heterocycles. The number of carbonyl (C=O) groups is 1. The first kappa shape index (κ1) is 16.1. The zero-order valence-electron chi connectivity index (χ0n) is 13.6. The maximum Gasteiger partial charge on any atom is 0.290 e. The van der Waals surface area contributed by atoms with Gasteiger partial charge in [-0.1, -0.05) is 15.9 Å². The summed E-state index contributed by atoms with van der Waals surface area (Å²) in [6.45, 7) is 6.31. The number of benzene rings is 1. The SMILES string of the molecule is CC(C)(C)n1nc(C(=O)NNc2ccc(Br)cc2)cc1C1CC1. The standard InChI is InChI=1S/C17H21BrN4O/c1-17(2,3)22-15(11-4-5-11)10-14(21-22)16(23)20-19-13-8-6-12(18)7-9-13/h6-11,19H,4-5H2,1-3H3,(H,20,23). The van der Waals surface area contributed by atoms with Crippen LogP contribution >= 0.6 is 15.9 Å². The Morgan fingerprint density at radius 2 is 1.91 bits per heavy atom. The van der Waals surface area contributed by atoms with Gasteiger partial charge in [0, 0.05) is 16.1 Å². The van der Waals surface area contributed by atoms with E-state index in [1.807, 2.05) is 35.0 Å². The molecule has 0 unspecified atom stereocenters. The zero-order chi connectivity index (χ0) is 16.6. The lowest BCUT2D eigenvalue weighted by Gasteiger charge is -2.22. The van der Waals surface area contributed by atoms with Crippen LogP contribution in [0.2, 0.25) is 0 Å². The van der Waals surface area contributed by atoms with Crippen LogP contribution < -0.4 is 10.9 Å². The Kier molecular flexibility index (Phi) is 4.19. The molecule has 1 amide bonds. The minimum atomic E-state index is -0.224. The molecular weight excluding hydrogens is 356 g/mol. The molecule has 1 fully saturated rings. The van der Waals surface area contributed by atoms with Gasteiger partial charge in [0.15, 0.2) is 5.69 Å². The largest absolute Gasteiger partial charge is 0.298 e. The van der Waals surface area contributed by atoms with E-state index in [4.69, 9.17) is 0 Å². The van der Waals surface area contributed by atoms with Crippen molar-refractivity contribution in [3.05, 3.63) is 46.2 Å². The number of anilines is 1. The van der Waals surface area contributed by atoms with Crippen LogP contribution in [0.4, 0.5) is 5.69 Å². The van der Waals surface area contributed by atoms with Crippen molar-refractivity contribution < 1.29 is 4.79 Å². The molecule has 1 aromatic carbocycles. The summed E-state index contributed by atoms with van der Waals surface area (Å²) in [5.74, 6) is 0.320. The van der Waals surface area contributed by atoms with E-state index in [0.29, 0.717) is 11.6 Å².